The van der Waals surface area contributed by atoms with Crippen molar-refractivity contribution in [1.29, 1.82) is 0 Å². The lowest BCUT2D eigenvalue weighted by Gasteiger charge is -2.17. The lowest BCUT2D eigenvalue weighted by atomic mass is 10.0. The van der Waals surface area contributed by atoms with E-state index in [0.29, 0.717) is 29.7 Å². The Balaban J connectivity index is 1.72. The van der Waals surface area contributed by atoms with Crippen LogP contribution in [0.15, 0.2) is 47.8 Å². The summed E-state index contributed by atoms with van der Waals surface area (Å²) in [5.41, 5.74) is 3.73. The zero-order valence-corrected chi connectivity index (χ0v) is 18.2. The Bertz CT molecular complexity index is 980. The molecule has 152 valence electrons. The van der Waals surface area contributed by atoms with Gasteiger partial charge in [0.2, 0.25) is 0 Å². The van der Waals surface area contributed by atoms with Crippen molar-refractivity contribution >= 4 is 17.2 Å². The van der Waals surface area contributed by atoms with Crippen LogP contribution in [0.3, 0.4) is 0 Å². The summed E-state index contributed by atoms with van der Waals surface area (Å²) >= 11 is 1.48. The van der Waals surface area contributed by atoms with Crippen LogP contribution in [0.4, 0.5) is 0 Å². The van der Waals surface area contributed by atoms with E-state index in [1.807, 2.05) is 23.6 Å². The summed E-state index contributed by atoms with van der Waals surface area (Å²) < 4.78 is 10.6. The molecule has 1 heterocycles. The molecule has 5 nitrogen and oxygen atoms in total. The van der Waals surface area contributed by atoms with Crippen molar-refractivity contribution in [1.82, 2.24) is 9.88 Å². The van der Waals surface area contributed by atoms with Gasteiger partial charge in [-0.1, -0.05) is 44.2 Å². The molecule has 0 radical (unpaired) electrons. The summed E-state index contributed by atoms with van der Waals surface area (Å²) in [7, 11) is 4.97. The minimum atomic E-state index is -0.110. The van der Waals surface area contributed by atoms with Crippen LogP contribution in [0, 0.1) is 0 Å². The van der Waals surface area contributed by atoms with E-state index in [9.17, 15) is 4.79 Å². The van der Waals surface area contributed by atoms with Gasteiger partial charge >= 0.3 is 0 Å². The first-order chi connectivity index (χ1) is 13.9. The molecule has 0 aliphatic carbocycles. The highest BCUT2D eigenvalue weighted by Crippen LogP contribution is 2.29. The van der Waals surface area contributed by atoms with Gasteiger partial charge in [-0.2, -0.15) is 0 Å². The third-order valence-electron chi connectivity index (χ3n) is 4.76. The van der Waals surface area contributed by atoms with Crippen molar-refractivity contribution in [3.63, 3.8) is 0 Å². The van der Waals surface area contributed by atoms with Gasteiger partial charge in [0, 0.05) is 24.5 Å². The number of ether oxygens (including phenoxy) is 2. The van der Waals surface area contributed by atoms with Crippen LogP contribution in [0.1, 0.15) is 41.4 Å². The number of benzene rings is 2. The summed E-state index contributed by atoms with van der Waals surface area (Å²) in [4.78, 5) is 19.0. The highest BCUT2D eigenvalue weighted by molar-refractivity contribution is 7.13. The molecule has 29 heavy (non-hydrogen) atoms. The van der Waals surface area contributed by atoms with Crippen molar-refractivity contribution in [3.05, 3.63) is 64.7 Å². The Morgan fingerprint density at radius 3 is 2.38 bits per heavy atom. The number of hydrogen-bond donors (Lipinski definition) is 0. The maximum atomic E-state index is 12.8. The van der Waals surface area contributed by atoms with Gasteiger partial charge in [0.25, 0.3) is 5.91 Å². The quantitative estimate of drug-likeness (QED) is 0.536. The fraction of sp³-hybridized carbons (Fsp3) is 0.304. The van der Waals surface area contributed by atoms with Crippen LogP contribution < -0.4 is 9.47 Å². The molecule has 6 heteroatoms. The van der Waals surface area contributed by atoms with Crippen LogP contribution >= 0.6 is 11.3 Å². The molecule has 0 saturated heterocycles. The molecular formula is C23H26N2O3S. The lowest BCUT2D eigenvalue weighted by molar-refractivity contribution is 0.0780. The molecule has 0 N–H and O–H groups in total. The summed E-state index contributed by atoms with van der Waals surface area (Å²) in [5, 5.41) is 2.67. The van der Waals surface area contributed by atoms with Gasteiger partial charge < -0.3 is 14.4 Å². The zero-order valence-electron chi connectivity index (χ0n) is 17.4. The van der Waals surface area contributed by atoms with E-state index in [-0.39, 0.29) is 5.91 Å². The van der Waals surface area contributed by atoms with Crippen molar-refractivity contribution < 1.29 is 14.3 Å². The average Bonchev–Trinajstić information content (AvgIpc) is 3.23. The average molecular weight is 411 g/mol. The normalized spacial score (nSPS) is 10.8. The van der Waals surface area contributed by atoms with E-state index >= 15 is 0 Å². The number of methoxy groups -OCH3 is 2. The molecule has 0 atom stereocenters. The summed E-state index contributed by atoms with van der Waals surface area (Å²) in [6.45, 7) is 4.79. The monoisotopic (exact) mass is 410 g/mol. The van der Waals surface area contributed by atoms with E-state index in [4.69, 9.17) is 9.47 Å². The highest BCUT2D eigenvalue weighted by Gasteiger charge is 2.17. The van der Waals surface area contributed by atoms with E-state index in [0.717, 1.165) is 16.1 Å². The predicted molar refractivity (Wildman–Crippen MR) is 117 cm³/mol. The molecule has 3 aromatic rings. The fourth-order valence-electron chi connectivity index (χ4n) is 3.04. The third kappa shape index (κ3) is 4.77. The first-order valence-corrected chi connectivity index (χ1v) is 10.3. The predicted octanol–water partition coefficient (Wildman–Crippen LogP) is 5.22. The number of rotatable bonds is 7. The number of carbonyl (C=O) groups is 1. The smallest absolute Gasteiger partial charge is 0.273 e. The number of hydrogen-bond acceptors (Lipinski definition) is 5. The van der Waals surface area contributed by atoms with E-state index in [2.05, 4.69) is 43.1 Å². The second kappa shape index (κ2) is 9.09. The number of aromatic nitrogens is 1. The van der Waals surface area contributed by atoms with Gasteiger partial charge in [-0.05, 0) is 29.2 Å². The van der Waals surface area contributed by atoms with E-state index in [1.54, 1.807) is 26.2 Å². The number of carbonyl (C=O) groups excluding carboxylic acids is 1. The Morgan fingerprint density at radius 2 is 1.76 bits per heavy atom. The van der Waals surface area contributed by atoms with Crippen LogP contribution in [-0.4, -0.2) is 37.1 Å². The maximum Gasteiger partial charge on any atom is 0.273 e. The molecule has 0 unspecified atom stereocenters. The van der Waals surface area contributed by atoms with E-state index < -0.39 is 0 Å². The Hall–Kier alpha value is -2.86. The second-order valence-corrected chi connectivity index (χ2v) is 8.02. The molecule has 0 saturated carbocycles. The summed E-state index contributed by atoms with van der Waals surface area (Å²) in [6.07, 6.45) is 0. The molecule has 0 aliphatic heterocycles. The lowest BCUT2D eigenvalue weighted by Crippen LogP contribution is -2.26. The number of nitrogens with zero attached hydrogens (tertiary/aromatic N) is 2. The van der Waals surface area contributed by atoms with Crippen LogP contribution in [0.25, 0.3) is 10.6 Å². The Kier molecular flexibility index (Phi) is 6.54. The minimum absolute atomic E-state index is 0.110. The van der Waals surface area contributed by atoms with Crippen LogP contribution in [0.2, 0.25) is 0 Å². The number of amides is 1. The summed E-state index contributed by atoms with van der Waals surface area (Å²) in [6, 6.07) is 14.0. The van der Waals surface area contributed by atoms with Gasteiger partial charge in [-0.25, -0.2) is 4.98 Å². The van der Waals surface area contributed by atoms with Crippen molar-refractivity contribution in [3.8, 4) is 22.1 Å². The number of thiazole rings is 1. The third-order valence-corrected chi connectivity index (χ3v) is 5.65. The van der Waals surface area contributed by atoms with Gasteiger partial charge in [-0.3, -0.25) is 4.79 Å². The van der Waals surface area contributed by atoms with E-state index in [1.165, 1.54) is 16.9 Å². The van der Waals surface area contributed by atoms with Crippen molar-refractivity contribution in [2.45, 2.75) is 26.3 Å². The molecule has 1 amide bonds. The van der Waals surface area contributed by atoms with Gasteiger partial charge in [0.05, 0.1) is 14.2 Å². The SMILES string of the molecule is COc1ccc(CN(C)C(=O)c2csc(-c3ccc(C(C)C)cc3)n2)cc1OC. The van der Waals surface area contributed by atoms with Crippen LogP contribution in [0.5, 0.6) is 11.5 Å². The molecule has 0 fully saturated rings. The molecule has 3 rings (SSSR count). The topological polar surface area (TPSA) is 51.7 Å². The standard InChI is InChI=1S/C23H26N2O3S/c1-15(2)17-7-9-18(10-8-17)22-24-19(14-29-22)23(26)25(3)13-16-6-11-20(27-4)21(12-16)28-5/h6-12,14-15H,13H2,1-5H3. The second-order valence-electron chi connectivity index (χ2n) is 7.17. The molecule has 0 spiro atoms. The Labute approximate surface area is 175 Å². The zero-order chi connectivity index (χ0) is 21.0. The van der Waals surface area contributed by atoms with Gasteiger partial charge in [-0.15, -0.1) is 11.3 Å². The molecule has 1 aromatic heterocycles. The van der Waals surface area contributed by atoms with Gasteiger partial charge in [0.15, 0.2) is 11.5 Å². The molecular weight excluding hydrogens is 384 g/mol. The Morgan fingerprint density at radius 1 is 1.07 bits per heavy atom. The van der Waals surface area contributed by atoms with Crippen molar-refractivity contribution in [2.75, 3.05) is 21.3 Å². The largest absolute Gasteiger partial charge is 0.493 e. The molecule has 0 aliphatic rings. The minimum Gasteiger partial charge on any atom is -0.493 e. The fourth-order valence-corrected chi connectivity index (χ4v) is 3.84. The molecule has 0 bridgehead atoms. The van der Waals surface area contributed by atoms with Crippen molar-refractivity contribution in [2.24, 2.45) is 0 Å². The molecule has 2 aromatic carbocycles. The maximum absolute atomic E-state index is 12.8. The first kappa shape index (κ1) is 20.9. The highest BCUT2D eigenvalue weighted by atomic mass is 32.1. The van der Waals surface area contributed by atoms with Gasteiger partial charge in [0.1, 0.15) is 10.7 Å². The van der Waals surface area contributed by atoms with Crippen LogP contribution in [-0.2, 0) is 6.54 Å². The first-order valence-electron chi connectivity index (χ1n) is 9.45. The summed E-state index contributed by atoms with van der Waals surface area (Å²) in [5.74, 6) is 1.69.